The van der Waals surface area contributed by atoms with Crippen LogP contribution in [0.5, 0.6) is 17.2 Å². The van der Waals surface area contributed by atoms with Crippen molar-refractivity contribution in [3.05, 3.63) is 80.8 Å². The highest BCUT2D eigenvalue weighted by atomic mass is 32.2. The van der Waals surface area contributed by atoms with Crippen molar-refractivity contribution in [3.8, 4) is 17.2 Å². The molecule has 0 amide bonds. The molecule has 0 saturated carbocycles. The fourth-order valence-corrected chi connectivity index (χ4v) is 6.01. The fourth-order valence-electron chi connectivity index (χ4n) is 3.80. The zero-order valence-electron chi connectivity index (χ0n) is 18.3. The first kappa shape index (κ1) is 22.5. The van der Waals surface area contributed by atoms with Gasteiger partial charge in [-0.25, -0.2) is 8.42 Å². The van der Waals surface area contributed by atoms with Crippen LogP contribution in [0.4, 0.5) is 0 Å². The first-order chi connectivity index (χ1) is 16.4. The standard InChI is InChI=1S/C24H22N2O6S2/c1-30-18-4-6-21-16(12-18)11-17(24(27)25-21)14-26(15-19-3-2-10-33-19)34(28,29)20-5-7-22-23(13-20)32-9-8-31-22/h2-7,10-13H,8-9,14-15H2,1H3,(H,25,27). The summed E-state index contributed by atoms with van der Waals surface area (Å²) in [5.41, 5.74) is 0.638. The van der Waals surface area contributed by atoms with Crippen molar-refractivity contribution in [3.63, 3.8) is 0 Å². The monoisotopic (exact) mass is 498 g/mol. The number of methoxy groups -OCH3 is 1. The zero-order chi connectivity index (χ0) is 23.7. The van der Waals surface area contributed by atoms with E-state index in [0.717, 1.165) is 10.3 Å². The van der Waals surface area contributed by atoms with Crippen LogP contribution < -0.4 is 19.8 Å². The van der Waals surface area contributed by atoms with Gasteiger partial charge in [0.05, 0.1) is 12.0 Å². The number of sulfonamides is 1. The quantitative estimate of drug-likeness (QED) is 0.417. The van der Waals surface area contributed by atoms with Crippen LogP contribution >= 0.6 is 11.3 Å². The number of fused-ring (bicyclic) bond motifs is 2. The van der Waals surface area contributed by atoms with Gasteiger partial charge < -0.3 is 19.2 Å². The van der Waals surface area contributed by atoms with E-state index in [-0.39, 0.29) is 23.5 Å². The van der Waals surface area contributed by atoms with Crippen molar-refractivity contribution in [1.82, 2.24) is 9.29 Å². The highest BCUT2D eigenvalue weighted by molar-refractivity contribution is 7.89. The third kappa shape index (κ3) is 4.39. The smallest absolute Gasteiger partial charge is 0.252 e. The maximum absolute atomic E-state index is 13.7. The lowest BCUT2D eigenvalue weighted by molar-refractivity contribution is 0.171. The normalized spacial score (nSPS) is 13.4. The number of ether oxygens (including phenoxy) is 3. The molecule has 1 aliphatic rings. The topological polar surface area (TPSA) is 97.9 Å². The highest BCUT2D eigenvalue weighted by Gasteiger charge is 2.28. The molecule has 4 aromatic rings. The Balaban J connectivity index is 1.55. The van der Waals surface area contributed by atoms with E-state index in [0.29, 0.717) is 41.5 Å². The number of pyridine rings is 1. The Morgan fingerprint density at radius 1 is 1.03 bits per heavy atom. The van der Waals surface area contributed by atoms with Gasteiger partial charge in [-0.1, -0.05) is 6.07 Å². The predicted molar refractivity (Wildman–Crippen MR) is 129 cm³/mol. The number of H-pyrrole nitrogens is 1. The largest absolute Gasteiger partial charge is 0.497 e. The average Bonchev–Trinajstić information content (AvgIpc) is 3.36. The van der Waals surface area contributed by atoms with Gasteiger partial charge in [0, 0.05) is 40.5 Å². The van der Waals surface area contributed by atoms with E-state index in [9.17, 15) is 13.2 Å². The van der Waals surface area contributed by atoms with Gasteiger partial charge in [0.15, 0.2) is 11.5 Å². The van der Waals surface area contributed by atoms with Crippen molar-refractivity contribution in [2.75, 3.05) is 20.3 Å². The predicted octanol–water partition coefficient (Wildman–Crippen LogP) is 3.76. The Labute approximate surface area is 200 Å². The average molecular weight is 499 g/mol. The molecule has 0 aliphatic carbocycles. The molecule has 1 N–H and O–H groups in total. The van der Waals surface area contributed by atoms with E-state index in [4.69, 9.17) is 14.2 Å². The van der Waals surface area contributed by atoms with E-state index in [1.165, 1.54) is 27.8 Å². The van der Waals surface area contributed by atoms with Crippen LogP contribution in [0.3, 0.4) is 0 Å². The molecule has 2 aromatic carbocycles. The fraction of sp³-hybridized carbons (Fsp3) is 0.208. The van der Waals surface area contributed by atoms with Crippen LogP contribution in [0.15, 0.2) is 69.7 Å². The van der Waals surface area contributed by atoms with E-state index in [2.05, 4.69) is 4.98 Å². The Morgan fingerprint density at radius 2 is 1.85 bits per heavy atom. The number of hydrogen-bond acceptors (Lipinski definition) is 7. The summed E-state index contributed by atoms with van der Waals surface area (Å²) in [6.07, 6.45) is 0. The molecular formula is C24H22N2O6S2. The summed E-state index contributed by atoms with van der Waals surface area (Å²) in [5.74, 6) is 1.54. The van der Waals surface area contributed by atoms with Gasteiger partial charge in [0.2, 0.25) is 10.0 Å². The zero-order valence-corrected chi connectivity index (χ0v) is 19.9. The van der Waals surface area contributed by atoms with E-state index in [1.807, 2.05) is 17.5 Å². The number of aromatic nitrogens is 1. The summed E-state index contributed by atoms with van der Waals surface area (Å²) in [6, 6.07) is 15.3. The van der Waals surface area contributed by atoms with Crippen LogP contribution in [0.2, 0.25) is 0 Å². The third-order valence-electron chi connectivity index (χ3n) is 5.54. The van der Waals surface area contributed by atoms with Gasteiger partial charge in [-0.05, 0) is 47.8 Å². The molecule has 0 saturated heterocycles. The number of nitrogens with zero attached hydrogens (tertiary/aromatic N) is 1. The van der Waals surface area contributed by atoms with Crippen molar-refractivity contribution in [1.29, 1.82) is 0 Å². The first-order valence-corrected chi connectivity index (χ1v) is 12.9. The Bertz CT molecular complexity index is 1500. The molecule has 0 spiro atoms. The second-order valence-electron chi connectivity index (χ2n) is 7.73. The second kappa shape index (κ2) is 9.13. The number of hydrogen-bond donors (Lipinski definition) is 1. The maximum atomic E-state index is 13.7. The Hall–Kier alpha value is -3.34. The van der Waals surface area contributed by atoms with Crippen LogP contribution in [-0.4, -0.2) is 38.0 Å². The summed E-state index contributed by atoms with van der Waals surface area (Å²) in [7, 11) is -2.40. The lowest BCUT2D eigenvalue weighted by Crippen LogP contribution is -2.32. The molecular weight excluding hydrogens is 476 g/mol. The van der Waals surface area contributed by atoms with Gasteiger partial charge >= 0.3 is 0 Å². The number of nitrogens with one attached hydrogen (secondary N) is 1. The number of benzene rings is 2. The van der Waals surface area contributed by atoms with Gasteiger partial charge in [0.25, 0.3) is 5.56 Å². The number of aromatic amines is 1. The van der Waals surface area contributed by atoms with Crippen molar-refractivity contribution in [2.24, 2.45) is 0 Å². The molecule has 0 radical (unpaired) electrons. The summed E-state index contributed by atoms with van der Waals surface area (Å²) < 4.78 is 45.1. The highest BCUT2D eigenvalue weighted by Crippen LogP contribution is 2.34. The molecule has 10 heteroatoms. The molecule has 0 fully saturated rings. The molecule has 0 atom stereocenters. The SMILES string of the molecule is COc1ccc2[nH]c(=O)c(CN(Cc3cccs3)S(=O)(=O)c3ccc4c(c3)OCCO4)cc2c1. The molecule has 1 aliphatic heterocycles. The van der Waals surface area contributed by atoms with E-state index < -0.39 is 10.0 Å². The van der Waals surface area contributed by atoms with E-state index >= 15 is 0 Å². The molecule has 2 aromatic heterocycles. The Morgan fingerprint density at radius 3 is 2.62 bits per heavy atom. The molecule has 3 heterocycles. The minimum Gasteiger partial charge on any atom is -0.497 e. The number of rotatable bonds is 7. The summed E-state index contributed by atoms with van der Waals surface area (Å²) in [6.45, 7) is 0.797. The summed E-state index contributed by atoms with van der Waals surface area (Å²) in [4.78, 5) is 16.6. The van der Waals surface area contributed by atoms with Crippen molar-refractivity contribution >= 4 is 32.3 Å². The molecule has 34 heavy (non-hydrogen) atoms. The summed E-state index contributed by atoms with van der Waals surface area (Å²) >= 11 is 1.45. The van der Waals surface area contributed by atoms with Gasteiger partial charge in [-0.15, -0.1) is 11.3 Å². The molecule has 8 nitrogen and oxygen atoms in total. The molecule has 0 unspecified atom stereocenters. The van der Waals surface area contributed by atoms with Crippen LogP contribution in [0.1, 0.15) is 10.4 Å². The molecule has 5 rings (SSSR count). The number of thiophene rings is 1. The minimum absolute atomic E-state index is 0.0761. The van der Waals surface area contributed by atoms with Gasteiger partial charge in [-0.3, -0.25) is 4.79 Å². The molecule has 176 valence electrons. The summed E-state index contributed by atoms with van der Waals surface area (Å²) in [5, 5.41) is 2.64. The van der Waals surface area contributed by atoms with Crippen molar-refractivity contribution in [2.45, 2.75) is 18.0 Å². The third-order valence-corrected chi connectivity index (χ3v) is 8.19. The lowest BCUT2D eigenvalue weighted by Gasteiger charge is -2.23. The van der Waals surface area contributed by atoms with Gasteiger partial charge in [-0.2, -0.15) is 4.31 Å². The van der Waals surface area contributed by atoms with E-state index in [1.54, 1.807) is 37.4 Å². The second-order valence-corrected chi connectivity index (χ2v) is 10.7. The van der Waals surface area contributed by atoms with Crippen LogP contribution in [-0.2, 0) is 23.1 Å². The minimum atomic E-state index is -3.96. The van der Waals surface area contributed by atoms with Crippen LogP contribution in [0, 0.1) is 0 Å². The van der Waals surface area contributed by atoms with Gasteiger partial charge in [0.1, 0.15) is 19.0 Å². The maximum Gasteiger partial charge on any atom is 0.252 e. The molecule has 0 bridgehead atoms. The first-order valence-electron chi connectivity index (χ1n) is 10.6. The Kier molecular flexibility index (Phi) is 6.03. The van der Waals surface area contributed by atoms with Crippen LogP contribution in [0.25, 0.3) is 10.9 Å². The lowest BCUT2D eigenvalue weighted by atomic mass is 10.1. The van der Waals surface area contributed by atoms with Crippen molar-refractivity contribution < 1.29 is 22.6 Å².